The number of nitrogens with one attached hydrogen (secondary N) is 2. The fourth-order valence-corrected chi connectivity index (χ4v) is 2.81. The Morgan fingerprint density at radius 2 is 1.81 bits per heavy atom. The monoisotopic (exact) mass is 309 g/mol. The third kappa shape index (κ3) is 4.93. The molecule has 1 aliphatic rings. The van der Waals surface area contributed by atoms with Crippen LogP contribution in [0.5, 0.6) is 0 Å². The Morgan fingerprint density at radius 3 is 2.43 bits per heavy atom. The van der Waals surface area contributed by atoms with Crippen LogP contribution in [0.25, 0.3) is 0 Å². The summed E-state index contributed by atoms with van der Waals surface area (Å²) in [6, 6.07) is 6.20. The number of anilines is 1. The molecule has 21 heavy (non-hydrogen) atoms. The van der Waals surface area contributed by atoms with Crippen LogP contribution in [0, 0.1) is 5.82 Å². The van der Waals surface area contributed by atoms with Crippen LogP contribution < -0.4 is 10.6 Å². The normalized spacial score (nSPS) is 16.5. The number of nitrogens with zero attached hydrogens (tertiary/aromatic N) is 1. The van der Waals surface area contributed by atoms with Crippen molar-refractivity contribution in [3.63, 3.8) is 0 Å². The molecule has 0 unspecified atom stereocenters. The average molecular weight is 309 g/mol. The van der Waals surface area contributed by atoms with E-state index < -0.39 is 0 Å². The van der Waals surface area contributed by atoms with Crippen molar-refractivity contribution in [1.29, 1.82) is 0 Å². The van der Waals surface area contributed by atoms with Crippen LogP contribution in [0.15, 0.2) is 24.3 Å². The molecular formula is C16H24FN3S. The van der Waals surface area contributed by atoms with Crippen LogP contribution >= 0.6 is 12.2 Å². The van der Waals surface area contributed by atoms with Gasteiger partial charge in [0.25, 0.3) is 0 Å². The van der Waals surface area contributed by atoms with Crippen LogP contribution in [-0.4, -0.2) is 35.2 Å². The fraction of sp³-hybridized carbons (Fsp3) is 0.562. The van der Waals surface area contributed by atoms with Gasteiger partial charge in [-0.3, -0.25) is 4.90 Å². The molecule has 2 rings (SSSR count). The third-order valence-electron chi connectivity index (χ3n) is 4.00. The van der Waals surface area contributed by atoms with Crippen molar-refractivity contribution in [3.8, 4) is 0 Å². The SMILES string of the molecule is CC(C)(CNC(=S)Nc1ccc(F)cc1)N1CCCCC1. The Labute approximate surface area is 131 Å². The first-order chi connectivity index (χ1) is 9.97. The molecule has 0 amide bonds. The standard InChI is InChI=1S/C16H24FN3S/c1-16(2,20-10-4-3-5-11-20)12-18-15(21)19-14-8-6-13(17)7-9-14/h6-9H,3-5,10-12H2,1-2H3,(H2,18,19,21). The van der Waals surface area contributed by atoms with E-state index in [-0.39, 0.29) is 11.4 Å². The lowest BCUT2D eigenvalue weighted by Gasteiger charge is -2.41. The maximum atomic E-state index is 12.9. The summed E-state index contributed by atoms with van der Waals surface area (Å²) in [6.07, 6.45) is 3.90. The van der Waals surface area contributed by atoms with Crippen LogP contribution in [0.3, 0.4) is 0 Å². The van der Waals surface area contributed by atoms with E-state index in [4.69, 9.17) is 12.2 Å². The minimum Gasteiger partial charge on any atom is -0.361 e. The predicted molar refractivity (Wildman–Crippen MR) is 90.1 cm³/mol. The van der Waals surface area contributed by atoms with Crippen molar-refractivity contribution in [2.24, 2.45) is 0 Å². The summed E-state index contributed by atoms with van der Waals surface area (Å²) >= 11 is 5.30. The highest BCUT2D eigenvalue weighted by molar-refractivity contribution is 7.80. The number of benzene rings is 1. The molecule has 2 N–H and O–H groups in total. The second kappa shape index (κ2) is 7.18. The Hall–Kier alpha value is -1.20. The largest absolute Gasteiger partial charge is 0.361 e. The Bertz CT molecular complexity index is 467. The number of piperidine rings is 1. The second-order valence-corrected chi connectivity index (χ2v) is 6.58. The van der Waals surface area contributed by atoms with Gasteiger partial charge in [-0.25, -0.2) is 4.39 Å². The molecule has 3 nitrogen and oxygen atoms in total. The van der Waals surface area contributed by atoms with E-state index in [2.05, 4.69) is 29.4 Å². The van der Waals surface area contributed by atoms with Crippen molar-refractivity contribution < 1.29 is 4.39 Å². The van der Waals surface area contributed by atoms with Gasteiger partial charge in [0, 0.05) is 17.8 Å². The number of thiocarbonyl (C=S) groups is 1. The Morgan fingerprint density at radius 1 is 1.19 bits per heavy atom. The topological polar surface area (TPSA) is 27.3 Å². The van der Waals surface area contributed by atoms with Gasteiger partial charge in [0.1, 0.15) is 5.82 Å². The minimum absolute atomic E-state index is 0.0783. The molecule has 1 heterocycles. The zero-order chi connectivity index (χ0) is 15.3. The Kier molecular flexibility index (Phi) is 5.53. The highest BCUT2D eigenvalue weighted by Crippen LogP contribution is 2.19. The molecule has 1 saturated heterocycles. The maximum Gasteiger partial charge on any atom is 0.170 e. The first kappa shape index (κ1) is 16.2. The van der Waals surface area contributed by atoms with Gasteiger partial charge in [0.15, 0.2) is 5.11 Å². The molecule has 0 aliphatic carbocycles. The molecule has 0 saturated carbocycles. The number of hydrogen-bond donors (Lipinski definition) is 2. The molecule has 1 aromatic rings. The number of halogens is 1. The molecule has 0 spiro atoms. The van der Waals surface area contributed by atoms with Crippen molar-refractivity contribution in [3.05, 3.63) is 30.1 Å². The van der Waals surface area contributed by atoms with Crippen molar-refractivity contribution >= 4 is 23.0 Å². The molecular weight excluding hydrogens is 285 g/mol. The van der Waals surface area contributed by atoms with Crippen molar-refractivity contribution in [2.45, 2.75) is 38.6 Å². The van der Waals surface area contributed by atoms with Gasteiger partial charge >= 0.3 is 0 Å². The predicted octanol–water partition coefficient (Wildman–Crippen LogP) is 3.38. The number of likely N-dealkylation sites (tertiary alicyclic amines) is 1. The summed E-state index contributed by atoms with van der Waals surface area (Å²) in [6.45, 7) is 7.59. The third-order valence-corrected chi connectivity index (χ3v) is 4.24. The molecule has 116 valence electrons. The highest BCUT2D eigenvalue weighted by atomic mass is 32.1. The van der Waals surface area contributed by atoms with Crippen LogP contribution in [-0.2, 0) is 0 Å². The zero-order valence-corrected chi connectivity index (χ0v) is 13.6. The summed E-state index contributed by atoms with van der Waals surface area (Å²) in [7, 11) is 0. The second-order valence-electron chi connectivity index (χ2n) is 6.17. The zero-order valence-electron chi connectivity index (χ0n) is 12.8. The Balaban J connectivity index is 1.81. The lowest BCUT2D eigenvalue weighted by molar-refractivity contribution is 0.0986. The fourth-order valence-electron chi connectivity index (χ4n) is 2.62. The average Bonchev–Trinajstić information content (AvgIpc) is 2.49. The summed E-state index contributed by atoms with van der Waals surface area (Å²) < 4.78 is 12.9. The lowest BCUT2D eigenvalue weighted by atomic mass is 9.98. The molecule has 0 aromatic heterocycles. The summed E-state index contributed by atoms with van der Waals surface area (Å²) in [5, 5.41) is 6.92. The van der Waals surface area contributed by atoms with Crippen LogP contribution in [0.1, 0.15) is 33.1 Å². The van der Waals surface area contributed by atoms with Gasteiger partial charge in [-0.2, -0.15) is 0 Å². The maximum absolute atomic E-state index is 12.9. The number of hydrogen-bond acceptors (Lipinski definition) is 2. The van der Waals surface area contributed by atoms with E-state index >= 15 is 0 Å². The van der Waals surface area contributed by atoms with Gasteiger partial charge < -0.3 is 10.6 Å². The van der Waals surface area contributed by atoms with E-state index in [1.807, 2.05) is 0 Å². The first-order valence-corrected chi connectivity index (χ1v) is 7.94. The molecule has 0 radical (unpaired) electrons. The molecule has 1 fully saturated rings. The minimum atomic E-state index is -0.245. The quantitative estimate of drug-likeness (QED) is 0.834. The van der Waals surface area contributed by atoms with E-state index in [1.165, 1.54) is 31.4 Å². The van der Waals surface area contributed by atoms with E-state index in [9.17, 15) is 4.39 Å². The molecule has 1 aliphatic heterocycles. The highest BCUT2D eigenvalue weighted by Gasteiger charge is 2.27. The first-order valence-electron chi connectivity index (χ1n) is 7.53. The van der Waals surface area contributed by atoms with Gasteiger partial charge in [0.2, 0.25) is 0 Å². The van der Waals surface area contributed by atoms with Gasteiger partial charge in [-0.1, -0.05) is 6.42 Å². The van der Waals surface area contributed by atoms with Gasteiger partial charge in [-0.15, -0.1) is 0 Å². The smallest absolute Gasteiger partial charge is 0.170 e. The van der Waals surface area contributed by atoms with Crippen LogP contribution in [0.4, 0.5) is 10.1 Å². The molecule has 0 atom stereocenters. The van der Waals surface area contributed by atoms with E-state index in [1.54, 1.807) is 12.1 Å². The molecule has 0 bridgehead atoms. The summed E-state index contributed by atoms with van der Waals surface area (Å²) in [4.78, 5) is 2.52. The number of rotatable bonds is 4. The van der Waals surface area contributed by atoms with E-state index in [0.29, 0.717) is 5.11 Å². The molecule has 1 aromatic carbocycles. The van der Waals surface area contributed by atoms with Gasteiger partial charge in [0.05, 0.1) is 0 Å². The van der Waals surface area contributed by atoms with Crippen molar-refractivity contribution in [1.82, 2.24) is 10.2 Å². The molecule has 5 heteroatoms. The summed E-state index contributed by atoms with van der Waals surface area (Å²) in [5.41, 5.74) is 0.874. The van der Waals surface area contributed by atoms with Crippen molar-refractivity contribution in [2.75, 3.05) is 25.0 Å². The van der Waals surface area contributed by atoms with E-state index in [0.717, 1.165) is 25.3 Å². The van der Waals surface area contributed by atoms with Crippen LogP contribution in [0.2, 0.25) is 0 Å². The van der Waals surface area contributed by atoms with Gasteiger partial charge in [-0.05, 0) is 76.3 Å². The lowest BCUT2D eigenvalue weighted by Crippen LogP contribution is -2.53. The summed E-state index contributed by atoms with van der Waals surface area (Å²) in [5.74, 6) is -0.245.